The first-order valence-corrected chi connectivity index (χ1v) is 6.03. The third kappa shape index (κ3) is 3.75. The number of nitrogens with one attached hydrogen (secondary N) is 1. The molecular formula is C14H17N2O2+. The van der Waals surface area contributed by atoms with Crippen LogP contribution >= 0.6 is 0 Å². The Morgan fingerprint density at radius 1 is 1.17 bits per heavy atom. The molecule has 0 aliphatic heterocycles. The Kier molecular flexibility index (Phi) is 4.55. The molecule has 2 rings (SSSR count). The molecule has 0 saturated heterocycles. The standard InChI is InChI=1S/C14H16N2O2/c17-14(13-7-4-10-18-13)16-9-8-15-11-12-5-2-1-3-6-12/h1-7,10,15H,8-9,11H2,(H,16,17)/p+1. The Morgan fingerprint density at radius 2 is 2.00 bits per heavy atom. The molecule has 3 N–H and O–H groups in total. The second-order valence-corrected chi connectivity index (χ2v) is 4.00. The van der Waals surface area contributed by atoms with Crippen LogP contribution < -0.4 is 10.6 Å². The molecule has 0 aliphatic rings. The number of furan rings is 1. The number of hydrogen-bond donors (Lipinski definition) is 2. The van der Waals surface area contributed by atoms with E-state index in [-0.39, 0.29) is 5.91 Å². The van der Waals surface area contributed by atoms with Crippen molar-refractivity contribution in [2.24, 2.45) is 0 Å². The SMILES string of the molecule is O=C(NCC[NH2+]Cc1ccccc1)c1ccco1. The molecule has 1 amide bonds. The molecule has 0 bridgehead atoms. The van der Waals surface area contributed by atoms with Crippen LogP contribution in [-0.4, -0.2) is 19.0 Å². The fourth-order valence-corrected chi connectivity index (χ4v) is 1.67. The first-order chi connectivity index (χ1) is 8.86. The first-order valence-electron chi connectivity index (χ1n) is 6.03. The van der Waals surface area contributed by atoms with Crippen molar-refractivity contribution in [3.8, 4) is 0 Å². The van der Waals surface area contributed by atoms with Crippen molar-refractivity contribution in [2.45, 2.75) is 6.54 Å². The molecule has 1 aromatic heterocycles. The summed E-state index contributed by atoms with van der Waals surface area (Å²) in [4.78, 5) is 11.5. The number of carbonyl (C=O) groups excluding carboxylic acids is 1. The highest BCUT2D eigenvalue weighted by atomic mass is 16.3. The monoisotopic (exact) mass is 245 g/mol. The van der Waals surface area contributed by atoms with Gasteiger partial charge in [0.25, 0.3) is 5.91 Å². The third-order valence-electron chi connectivity index (χ3n) is 2.60. The maximum absolute atomic E-state index is 11.5. The molecular weight excluding hydrogens is 228 g/mol. The minimum atomic E-state index is -0.159. The van der Waals surface area contributed by atoms with Crippen LogP contribution in [0, 0.1) is 0 Å². The molecule has 0 saturated carbocycles. The van der Waals surface area contributed by atoms with Gasteiger partial charge >= 0.3 is 0 Å². The van der Waals surface area contributed by atoms with E-state index in [0.717, 1.165) is 13.1 Å². The Bertz CT molecular complexity index is 466. The van der Waals surface area contributed by atoms with Gasteiger partial charge in [-0.2, -0.15) is 0 Å². The van der Waals surface area contributed by atoms with Crippen LogP contribution in [0.15, 0.2) is 53.1 Å². The van der Waals surface area contributed by atoms with Gasteiger partial charge < -0.3 is 15.1 Å². The zero-order valence-electron chi connectivity index (χ0n) is 10.1. The van der Waals surface area contributed by atoms with Crippen LogP contribution in [0.25, 0.3) is 0 Å². The summed E-state index contributed by atoms with van der Waals surface area (Å²) in [6.07, 6.45) is 1.50. The lowest BCUT2D eigenvalue weighted by Gasteiger charge is -2.03. The highest BCUT2D eigenvalue weighted by molar-refractivity contribution is 5.91. The lowest BCUT2D eigenvalue weighted by Crippen LogP contribution is -2.84. The third-order valence-corrected chi connectivity index (χ3v) is 2.60. The van der Waals surface area contributed by atoms with Gasteiger partial charge in [0, 0.05) is 5.56 Å². The number of rotatable bonds is 6. The van der Waals surface area contributed by atoms with Gasteiger partial charge in [-0.25, -0.2) is 0 Å². The van der Waals surface area contributed by atoms with Gasteiger partial charge in [-0.3, -0.25) is 4.79 Å². The average Bonchev–Trinajstić information content (AvgIpc) is 2.93. The fourth-order valence-electron chi connectivity index (χ4n) is 1.67. The van der Waals surface area contributed by atoms with Gasteiger partial charge in [0.05, 0.1) is 19.4 Å². The zero-order chi connectivity index (χ0) is 12.6. The Hall–Kier alpha value is -2.07. The van der Waals surface area contributed by atoms with Crippen molar-refractivity contribution in [3.05, 3.63) is 60.1 Å². The summed E-state index contributed by atoms with van der Waals surface area (Å²) in [6, 6.07) is 13.6. The molecule has 4 heteroatoms. The molecule has 1 aromatic carbocycles. The number of nitrogens with two attached hydrogens (primary N) is 1. The largest absolute Gasteiger partial charge is 0.459 e. The minimum absolute atomic E-state index is 0.159. The van der Waals surface area contributed by atoms with E-state index in [2.05, 4.69) is 22.8 Å². The summed E-state index contributed by atoms with van der Waals surface area (Å²) in [5, 5.41) is 4.97. The molecule has 1 heterocycles. The number of hydrogen-bond acceptors (Lipinski definition) is 2. The van der Waals surface area contributed by atoms with E-state index in [9.17, 15) is 4.79 Å². The summed E-state index contributed by atoms with van der Waals surface area (Å²) in [5.74, 6) is 0.200. The molecule has 0 atom stereocenters. The number of benzene rings is 1. The predicted octanol–water partition coefficient (Wildman–Crippen LogP) is 0.773. The fraction of sp³-hybridized carbons (Fsp3) is 0.214. The molecule has 0 aliphatic carbocycles. The molecule has 0 radical (unpaired) electrons. The van der Waals surface area contributed by atoms with Crippen LogP contribution in [-0.2, 0) is 6.54 Å². The van der Waals surface area contributed by atoms with E-state index >= 15 is 0 Å². The quantitative estimate of drug-likeness (QED) is 0.739. The molecule has 18 heavy (non-hydrogen) atoms. The molecule has 94 valence electrons. The van der Waals surface area contributed by atoms with Crippen LogP contribution in [0.3, 0.4) is 0 Å². The lowest BCUT2D eigenvalue weighted by atomic mass is 10.2. The number of amides is 1. The van der Waals surface area contributed by atoms with Crippen molar-refractivity contribution in [3.63, 3.8) is 0 Å². The van der Waals surface area contributed by atoms with Crippen LogP contribution in [0.4, 0.5) is 0 Å². The average molecular weight is 245 g/mol. The van der Waals surface area contributed by atoms with Crippen molar-refractivity contribution >= 4 is 5.91 Å². The maximum atomic E-state index is 11.5. The van der Waals surface area contributed by atoms with E-state index in [1.807, 2.05) is 18.2 Å². The topological polar surface area (TPSA) is 58.9 Å². The van der Waals surface area contributed by atoms with E-state index in [4.69, 9.17) is 4.42 Å². The van der Waals surface area contributed by atoms with Gasteiger partial charge in [0.1, 0.15) is 6.54 Å². The first kappa shape index (κ1) is 12.4. The van der Waals surface area contributed by atoms with Crippen LogP contribution in [0.1, 0.15) is 16.1 Å². The molecule has 0 unspecified atom stereocenters. The normalized spacial score (nSPS) is 10.2. The minimum Gasteiger partial charge on any atom is -0.459 e. The maximum Gasteiger partial charge on any atom is 0.287 e. The van der Waals surface area contributed by atoms with Crippen LogP contribution in [0.5, 0.6) is 0 Å². The second-order valence-electron chi connectivity index (χ2n) is 4.00. The summed E-state index contributed by atoms with van der Waals surface area (Å²) >= 11 is 0. The Labute approximate surface area is 106 Å². The highest BCUT2D eigenvalue weighted by Crippen LogP contribution is 1.98. The molecule has 2 aromatic rings. The summed E-state index contributed by atoms with van der Waals surface area (Å²) in [6.45, 7) is 2.41. The van der Waals surface area contributed by atoms with Crippen LogP contribution in [0.2, 0.25) is 0 Å². The van der Waals surface area contributed by atoms with E-state index in [0.29, 0.717) is 12.3 Å². The number of carbonyl (C=O) groups is 1. The molecule has 4 nitrogen and oxygen atoms in total. The zero-order valence-corrected chi connectivity index (χ0v) is 10.1. The van der Waals surface area contributed by atoms with Gasteiger partial charge in [0.15, 0.2) is 5.76 Å². The molecule has 0 spiro atoms. The summed E-state index contributed by atoms with van der Waals surface area (Å²) in [5.41, 5.74) is 1.29. The second kappa shape index (κ2) is 6.61. The smallest absolute Gasteiger partial charge is 0.287 e. The van der Waals surface area contributed by atoms with Crippen molar-refractivity contribution in [1.29, 1.82) is 0 Å². The van der Waals surface area contributed by atoms with Crippen molar-refractivity contribution in [1.82, 2.24) is 5.32 Å². The van der Waals surface area contributed by atoms with Gasteiger partial charge in [-0.1, -0.05) is 30.3 Å². The predicted molar refractivity (Wildman–Crippen MR) is 68.0 cm³/mol. The summed E-state index contributed by atoms with van der Waals surface area (Å²) < 4.78 is 5.00. The number of quaternary nitrogens is 1. The van der Waals surface area contributed by atoms with E-state index in [1.54, 1.807) is 12.1 Å². The molecule has 0 fully saturated rings. The van der Waals surface area contributed by atoms with Gasteiger partial charge in [0.2, 0.25) is 0 Å². The van der Waals surface area contributed by atoms with Gasteiger partial charge in [-0.15, -0.1) is 0 Å². The lowest BCUT2D eigenvalue weighted by molar-refractivity contribution is -0.668. The van der Waals surface area contributed by atoms with Crippen molar-refractivity contribution < 1.29 is 14.5 Å². The Morgan fingerprint density at radius 3 is 2.72 bits per heavy atom. The van der Waals surface area contributed by atoms with Gasteiger partial charge in [-0.05, 0) is 12.1 Å². The summed E-state index contributed by atoms with van der Waals surface area (Å²) in [7, 11) is 0. The Balaban J connectivity index is 1.61. The van der Waals surface area contributed by atoms with E-state index in [1.165, 1.54) is 11.8 Å². The van der Waals surface area contributed by atoms with E-state index < -0.39 is 0 Å². The van der Waals surface area contributed by atoms with Crippen molar-refractivity contribution in [2.75, 3.05) is 13.1 Å². The highest BCUT2D eigenvalue weighted by Gasteiger charge is 2.06.